The van der Waals surface area contributed by atoms with Crippen LogP contribution < -0.4 is 8.97 Å². The molecule has 1 heterocycles. The van der Waals surface area contributed by atoms with E-state index in [4.69, 9.17) is 4.74 Å². The van der Waals surface area contributed by atoms with Crippen molar-refractivity contribution in [3.05, 3.63) is 22.7 Å². The fraction of sp³-hybridized carbons (Fsp3) is 0.538. The number of anilines is 1. The highest BCUT2D eigenvalue weighted by Gasteiger charge is 2.47. The molecule has 0 spiro atoms. The molecule has 0 radical (unpaired) electrons. The summed E-state index contributed by atoms with van der Waals surface area (Å²) < 4.78 is 9.27. The number of nitrogens with zero attached hydrogens (tertiary/aromatic N) is 1. The molecule has 0 aromatic heterocycles. The molecule has 0 unspecified atom stereocenters. The lowest BCUT2D eigenvalue weighted by Gasteiger charge is -2.41. The van der Waals surface area contributed by atoms with E-state index >= 15 is 0 Å². The van der Waals surface area contributed by atoms with Crippen molar-refractivity contribution in [2.24, 2.45) is 0 Å². The highest BCUT2D eigenvalue weighted by atomic mass is 79.9. The van der Waals surface area contributed by atoms with Gasteiger partial charge in [0, 0.05) is 11.8 Å². The number of benzene rings is 1. The van der Waals surface area contributed by atoms with Crippen LogP contribution in [0.2, 0.25) is 38.3 Å². The van der Waals surface area contributed by atoms with Crippen LogP contribution in [-0.4, -0.2) is 23.6 Å². The van der Waals surface area contributed by atoms with Gasteiger partial charge in [-0.3, -0.25) is 0 Å². The van der Waals surface area contributed by atoms with Crippen LogP contribution in [0.3, 0.4) is 0 Å². The Balaban J connectivity index is 2.47. The van der Waals surface area contributed by atoms with Gasteiger partial charge in [-0.1, -0.05) is 26.2 Å². The molecule has 0 amide bonds. The van der Waals surface area contributed by atoms with E-state index in [9.17, 15) is 0 Å². The second kappa shape index (κ2) is 4.69. The Kier molecular flexibility index (Phi) is 3.68. The summed E-state index contributed by atoms with van der Waals surface area (Å²) in [6, 6.07) is 9.39. The standard InChI is InChI=1S/C13H22BrNOSi2/c1-16-13-10-11(6-7-12(13)14)15-17(2,3)8-9-18(15,4)5/h6-7,10H,8-9H2,1-5H3. The van der Waals surface area contributed by atoms with Crippen LogP contribution in [-0.2, 0) is 0 Å². The van der Waals surface area contributed by atoms with Crippen LogP contribution in [0, 0.1) is 0 Å². The molecule has 18 heavy (non-hydrogen) atoms. The van der Waals surface area contributed by atoms with Crippen molar-refractivity contribution in [2.75, 3.05) is 11.3 Å². The summed E-state index contributed by atoms with van der Waals surface area (Å²) in [5.41, 5.74) is 1.36. The van der Waals surface area contributed by atoms with Gasteiger partial charge in [-0.2, -0.15) is 0 Å². The Morgan fingerprint density at radius 3 is 2.17 bits per heavy atom. The van der Waals surface area contributed by atoms with E-state index in [0.29, 0.717) is 0 Å². The molecule has 100 valence electrons. The first-order valence-electron chi connectivity index (χ1n) is 6.42. The van der Waals surface area contributed by atoms with Gasteiger partial charge in [0.25, 0.3) is 0 Å². The van der Waals surface area contributed by atoms with Crippen molar-refractivity contribution >= 4 is 38.1 Å². The maximum atomic E-state index is 5.44. The monoisotopic (exact) mass is 343 g/mol. The molecule has 0 N–H and O–H groups in total. The van der Waals surface area contributed by atoms with E-state index in [1.54, 1.807) is 7.11 Å². The summed E-state index contributed by atoms with van der Waals surface area (Å²) in [5, 5.41) is 0. The molecule has 5 heteroatoms. The minimum absolute atomic E-state index is 0.939. The van der Waals surface area contributed by atoms with Crippen molar-refractivity contribution in [1.82, 2.24) is 0 Å². The maximum absolute atomic E-state index is 5.44. The predicted octanol–water partition coefficient (Wildman–Crippen LogP) is 4.69. The molecule has 1 saturated heterocycles. The molecule has 1 fully saturated rings. The highest BCUT2D eigenvalue weighted by Crippen LogP contribution is 2.42. The van der Waals surface area contributed by atoms with Crippen LogP contribution in [0.1, 0.15) is 0 Å². The first-order valence-corrected chi connectivity index (χ1v) is 13.5. The topological polar surface area (TPSA) is 12.5 Å². The third-order valence-electron chi connectivity index (χ3n) is 3.95. The van der Waals surface area contributed by atoms with E-state index in [1.807, 2.05) is 0 Å². The van der Waals surface area contributed by atoms with Crippen LogP contribution in [0.4, 0.5) is 5.69 Å². The molecular formula is C13H22BrNOSi2. The van der Waals surface area contributed by atoms with Crippen molar-refractivity contribution in [1.29, 1.82) is 0 Å². The zero-order valence-corrected chi connectivity index (χ0v) is 15.5. The average Bonchev–Trinajstić information content (AvgIpc) is 2.50. The summed E-state index contributed by atoms with van der Waals surface area (Å²) in [5.74, 6) is 0.939. The first-order chi connectivity index (χ1) is 8.28. The average molecular weight is 344 g/mol. The van der Waals surface area contributed by atoms with Crippen LogP contribution in [0.15, 0.2) is 22.7 Å². The smallest absolute Gasteiger partial charge is 0.141 e. The summed E-state index contributed by atoms with van der Waals surface area (Å²) in [6.07, 6.45) is 0. The van der Waals surface area contributed by atoms with Crippen molar-refractivity contribution < 1.29 is 4.74 Å². The Morgan fingerprint density at radius 1 is 1.11 bits per heavy atom. The Labute approximate surface area is 121 Å². The van der Waals surface area contributed by atoms with Crippen LogP contribution in [0.5, 0.6) is 5.75 Å². The lowest BCUT2D eigenvalue weighted by molar-refractivity contribution is 0.412. The normalized spacial score (nSPS) is 21.1. The second-order valence-corrected chi connectivity index (χ2v) is 16.7. The number of ether oxygens (including phenoxy) is 1. The van der Waals surface area contributed by atoms with E-state index in [1.165, 1.54) is 17.8 Å². The van der Waals surface area contributed by atoms with Crippen molar-refractivity contribution in [3.8, 4) is 5.75 Å². The fourth-order valence-corrected chi connectivity index (χ4v) is 17.8. The molecule has 2 nitrogen and oxygen atoms in total. The molecule has 1 aromatic rings. The third kappa shape index (κ3) is 2.40. The lowest BCUT2D eigenvalue weighted by atomic mass is 10.3. The minimum atomic E-state index is -1.27. The molecule has 1 aromatic carbocycles. The number of methoxy groups -OCH3 is 1. The minimum Gasteiger partial charge on any atom is -0.495 e. The van der Waals surface area contributed by atoms with E-state index < -0.39 is 16.5 Å². The Hall–Kier alpha value is -0.266. The van der Waals surface area contributed by atoms with Gasteiger partial charge in [-0.25, -0.2) is 0 Å². The zero-order chi connectivity index (χ0) is 13.6. The van der Waals surface area contributed by atoms with E-state index in [2.05, 4.69) is 64.5 Å². The summed E-state index contributed by atoms with van der Waals surface area (Å²) in [7, 11) is -0.814. The van der Waals surface area contributed by atoms with Gasteiger partial charge in [0.1, 0.15) is 22.2 Å². The quantitative estimate of drug-likeness (QED) is 0.722. The first kappa shape index (κ1) is 14.1. The second-order valence-electron chi connectivity index (χ2n) is 6.28. The van der Waals surface area contributed by atoms with Crippen molar-refractivity contribution in [2.45, 2.75) is 38.3 Å². The van der Waals surface area contributed by atoms with Crippen molar-refractivity contribution in [3.63, 3.8) is 0 Å². The highest BCUT2D eigenvalue weighted by molar-refractivity contribution is 9.10. The summed E-state index contributed by atoms with van der Waals surface area (Å²) >= 11 is 3.54. The van der Waals surface area contributed by atoms with Gasteiger partial charge in [0.2, 0.25) is 0 Å². The molecular weight excluding hydrogens is 322 g/mol. The SMILES string of the molecule is COc1cc(N2[Si](C)(C)CC[Si]2(C)C)ccc1Br. The van der Waals surface area contributed by atoms with Gasteiger partial charge in [0.15, 0.2) is 0 Å². The Morgan fingerprint density at radius 2 is 1.67 bits per heavy atom. The van der Waals surface area contributed by atoms with Gasteiger partial charge in [0.05, 0.1) is 11.6 Å². The van der Waals surface area contributed by atoms with Gasteiger partial charge < -0.3 is 8.97 Å². The van der Waals surface area contributed by atoms with Gasteiger partial charge in [-0.15, -0.1) is 0 Å². The molecule has 0 saturated carbocycles. The van der Waals surface area contributed by atoms with E-state index in [0.717, 1.165) is 10.2 Å². The molecule has 2 rings (SSSR count). The van der Waals surface area contributed by atoms with Gasteiger partial charge in [-0.05, 0) is 40.2 Å². The number of hydrogen-bond acceptors (Lipinski definition) is 2. The van der Waals surface area contributed by atoms with Crippen LogP contribution >= 0.6 is 15.9 Å². The molecule has 0 aliphatic carbocycles. The van der Waals surface area contributed by atoms with E-state index in [-0.39, 0.29) is 0 Å². The number of hydrogen-bond donors (Lipinski definition) is 0. The Bertz CT molecular complexity index is 446. The van der Waals surface area contributed by atoms with Gasteiger partial charge >= 0.3 is 0 Å². The number of rotatable bonds is 2. The molecule has 1 aliphatic rings. The summed E-state index contributed by atoms with van der Waals surface area (Å²) in [4.78, 5) is 0. The zero-order valence-electron chi connectivity index (χ0n) is 11.9. The molecule has 0 atom stereocenters. The fourth-order valence-electron chi connectivity index (χ4n) is 3.14. The lowest BCUT2D eigenvalue weighted by Crippen LogP contribution is -2.55. The maximum Gasteiger partial charge on any atom is 0.141 e. The molecule has 0 bridgehead atoms. The predicted molar refractivity (Wildman–Crippen MR) is 87.8 cm³/mol. The summed E-state index contributed by atoms with van der Waals surface area (Å²) in [6.45, 7) is 9.96. The molecule has 1 aliphatic heterocycles. The third-order valence-corrected chi connectivity index (χ3v) is 14.6. The largest absolute Gasteiger partial charge is 0.495 e. The van der Waals surface area contributed by atoms with Crippen LogP contribution in [0.25, 0.3) is 0 Å². The number of halogens is 1.